The van der Waals surface area contributed by atoms with E-state index in [2.05, 4.69) is 15.1 Å². The van der Waals surface area contributed by atoms with Crippen LogP contribution in [0, 0.1) is 28.6 Å². The topological polar surface area (TPSA) is 163 Å². The molecule has 3 N–H and O–H groups in total. The lowest BCUT2D eigenvalue weighted by molar-refractivity contribution is -0.149. The molecule has 0 saturated heterocycles. The molecule has 13 nitrogen and oxygen atoms in total. The number of imidazole rings is 2. The molecule has 0 radical (unpaired) electrons. The van der Waals surface area contributed by atoms with Crippen LogP contribution in [-0.4, -0.2) is 88.9 Å². The summed E-state index contributed by atoms with van der Waals surface area (Å²) < 4.78 is 3.86. The third-order valence-electron chi connectivity index (χ3n) is 17.2. The van der Waals surface area contributed by atoms with Crippen molar-refractivity contribution in [2.75, 3.05) is 31.5 Å². The highest BCUT2D eigenvalue weighted by atomic mass is 35.5. The predicted octanol–water partition coefficient (Wildman–Crippen LogP) is 8.03. The van der Waals surface area contributed by atoms with Crippen LogP contribution in [0.25, 0.3) is 11.1 Å². The standard InChI is InChI=1S/C50H60ClN7O6/c1-31-32(26-40(59)42-52-36-27-57(22-10-38(36)55(42)2)24-20-47-12-16-49(29-47,17-13-47)45(61)62)6-4-7-33(31)34-8-5-9-35(41(34)51)54-44(60)43-53-37-28-58(23-11-39(37)56(43)3)25-21-48-14-18-50(30-48,19-15-48)46(63)64/h4-9H,10-30H2,1-3H3,(H,54,60)(H,61,62)(H,63,64). The van der Waals surface area contributed by atoms with E-state index in [0.717, 1.165) is 161 Å². The lowest BCUT2D eigenvalue weighted by Gasteiger charge is -2.32. The minimum absolute atomic E-state index is 0.0494. The van der Waals surface area contributed by atoms with E-state index in [1.165, 1.54) is 0 Å². The van der Waals surface area contributed by atoms with Crippen molar-refractivity contribution >= 4 is 40.9 Å². The Kier molecular flexibility index (Phi) is 10.7. The second kappa shape index (κ2) is 15.9. The Balaban J connectivity index is 0.779. The molecule has 2 aromatic carbocycles. The Morgan fingerprint density at radius 1 is 0.703 bits per heavy atom. The number of aromatic nitrogens is 4. The van der Waals surface area contributed by atoms with Gasteiger partial charge in [0.15, 0.2) is 11.6 Å². The van der Waals surface area contributed by atoms with Gasteiger partial charge in [-0.3, -0.25) is 29.0 Å². The number of nitrogens with zero attached hydrogens (tertiary/aromatic N) is 6. The van der Waals surface area contributed by atoms with Crippen LogP contribution in [0.3, 0.4) is 0 Å². The minimum atomic E-state index is -0.624. The first-order valence-corrected chi connectivity index (χ1v) is 23.7. The average Bonchev–Trinajstić information content (AvgIpc) is 4.15. The SMILES string of the molecule is Cc1c(CC(=O)c2nc3c(n2C)CCN(CCC24CCC(C(=O)O)(CC2)C4)C3)cccc1-c1cccc(NC(=O)c2nc3c(n2C)CCN(CCC24CCC(C(=O)O)(CC2)C4)C3)c1Cl. The Bertz CT molecular complexity index is 2400. The molecule has 6 aliphatic rings. The highest BCUT2D eigenvalue weighted by molar-refractivity contribution is 6.36. The molecule has 338 valence electrons. The van der Waals surface area contributed by atoms with E-state index in [1.54, 1.807) is 6.07 Å². The molecule has 0 unspecified atom stereocenters. The molecular weight excluding hydrogens is 830 g/mol. The lowest BCUT2D eigenvalue weighted by Crippen LogP contribution is -2.34. The number of anilines is 1. The summed E-state index contributed by atoms with van der Waals surface area (Å²) in [5, 5.41) is 23.2. The molecule has 2 aliphatic heterocycles. The molecule has 4 heterocycles. The molecular formula is C50H60ClN7O6. The third kappa shape index (κ3) is 7.30. The zero-order chi connectivity index (χ0) is 44.8. The highest BCUT2D eigenvalue weighted by Gasteiger charge is 2.59. The lowest BCUT2D eigenvalue weighted by atomic mass is 9.80. The maximum atomic E-state index is 14.0. The van der Waals surface area contributed by atoms with Gasteiger partial charge in [0.1, 0.15) is 0 Å². The minimum Gasteiger partial charge on any atom is -0.481 e. The van der Waals surface area contributed by atoms with Gasteiger partial charge in [0.2, 0.25) is 5.78 Å². The van der Waals surface area contributed by atoms with Crippen LogP contribution in [0.15, 0.2) is 36.4 Å². The summed E-state index contributed by atoms with van der Waals surface area (Å²) >= 11 is 7.10. The van der Waals surface area contributed by atoms with Crippen molar-refractivity contribution in [3.05, 3.63) is 87.0 Å². The first kappa shape index (κ1) is 43.1. The number of aliphatic carboxylic acids is 2. The van der Waals surface area contributed by atoms with E-state index >= 15 is 0 Å². The molecule has 4 fully saturated rings. The molecule has 4 aliphatic carbocycles. The average molecular weight is 891 g/mol. The summed E-state index contributed by atoms with van der Waals surface area (Å²) in [6.07, 6.45) is 12.6. The molecule has 4 aromatic rings. The van der Waals surface area contributed by atoms with Crippen LogP contribution in [-0.2, 0) is 56.0 Å². The Hall–Kier alpha value is -4.85. The van der Waals surface area contributed by atoms with Crippen LogP contribution in [0.2, 0.25) is 5.02 Å². The number of nitrogens with one attached hydrogen (secondary N) is 1. The van der Waals surface area contributed by atoms with Gasteiger partial charge in [-0.2, -0.15) is 0 Å². The predicted molar refractivity (Wildman–Crippen MR) is 242 cm³/mol. The normalized spacial score (nSPS) is 27.2. The number of rotatable bonds is 14. The second-order valence-electron chi connectivity index (χ2n) is 20.7. The molecule has 14 heteroatoms. The van der Waals surface area contributed by atoms with E-state index in [-0.39, 0.29) is 28.9 Å². The fourth-order valence-electron chi connectivity index (χ4n) is 13.1. The number of carboxylic acid groups (broad SMARTS) is 2. The number of carbonyl (C=O) groups is 4. The molecule has 10 rings (SSSR count). The number of carbonyl (C=O) groups excluding carboxylic acids is 2. The summed E-state index contributed by atoms with van der Waals surface area (Å²) in [7, 11) is 3.83. The second-order valence-corrected chi connectivity index (χ2v) is 21.0. The summed E-state index contributed by atoms with van der Waals surface area (Å²) in [5.74, 6) is -0.838. The number of amides is 1. The van der Waals surface area contributed by atoms with Crippen molar-refractivity contribution in [2.24, 2.45) is 35.8 Å². The molecule has 0 atom stereocenters. The molecule has 4 bridgehead atoms. The summed E-state index contributed by atoms with van der Waals surface area (Å²) in [4.78, 5) is 66.4. The van der Waals surface area contributed by atoms with E-state index < -0.39 is 22.8 Å². The maximum Gasteiger partial charge on any atom is 0.309 e. The maximum absolute atomic E-state index is 14.0. The van der Waals surface area contributed by atoms with Gasteiger partial charge in [0.25, 0.3) is 5.91 Å². The van der Waals surface area contributed by atoms with Crippen molar-refractivity contribution in [3.8, 4) is 11.1 Å². The van der Waals surface area contributed by atoms with Gasteiger partial charge in [-0.25, -0.2) is 9.97 Å². The van der Waals surface area contributed by atoms with Crippen LogP contribution < -0.4 is 5.32 Å². The van der Waals surface area contributed by atoms with Gasteiger partial charge in [0, 0.05) is 76.5 Å². The largest absolute Gasteiger partial charge is 0.481 e. The molecule has 64 heavy (non-hydrogen) atoms. The van der Waals surface area contributed by atoms with Gasteiger partial charge in [-0.15, -0.1) is 0 Å². The van der Waals surface area contributed by atoms with E-state index in [0.29, 0.717) is 35.4 Å². The van der Waals surface area contributed by atoms with Gasteiger partial charge in [-0.1, -0.05) is 41.9 Å². The number of hydrogen-bond donors (Lipinski definition) is 3. The fourth-order valence-corrected chi connectivity index (χ4v) is 13.4. The molecule has 1 amide bonds. The van der Waals surface area contributed by atoms with E-state index in [4.69, 9.17) is 21.6 Å². The zero-order valence-corrected chi connectivity index (χ0v) is 38.2. The summed E-state index contributed by atoms with van der Waals surface area (Å²) in [6, 6.07) is 11.5. The molecule has 4 saturated carbocycles. The summed E-state index contributed by atoms with van der Waals surface area (Å²) in [5.41, 5.74) is 7.20. The van der Waals surface area contributed by atoms with Crippen molar-refractivity contribution in [3.63, 3.8) is 0 Å². The number of benzene rings is 2. The van der Waals surface area contributed by atoms with Crippen molar-refractivity contribution in [1.82, 2.24) is 28.9 Å². The number of hydrogen-bond acceptors (Lipinski definition) is 8. The number of carboxylic acids is 2. The Morgan fingerprint density at radius 3 is 1.73 bits per heavy atom. The van der Waals surface area contributed by atoms with Crippen molar-refractivity contribution in [2.45, 2.75) is 116 Å². The first-order valence-electron chi connectivity index (χ1n) is 23.3. The van der Waals surface area contributed by atoms with Crippen LogP contribution in [0.5, 0.6) is 0 Å². The Labute approximate surface area is 379 Å². The van der Waals surface area contributed by atoms with Gasteiger partial charge in [-0.05, 0) is 131 Å². The number of halogens is 1. The van der Waals surface area contributed by atoms with Gasteiger partial charge >= 0.3 is 11.9 Å². The van der Waals surface area contributed by atoms with E-state index in [1.807, 2.05) is 60.5 Å². The quantitative estimate of drug-likeness (QED) is 0.106. The number of Topliss-reactive ketones (excluding diaryl/α,β-unsaturated/α-hetero) is 1. The molecule has 2 aromatic heterocycles. The highest BCUT2D eigenvalue weighted by Crippen LogP contribution is 2.64. The summed E-state index contributed by atoms with van der Waals surface area (Å²) in [6.45, 7) is 6.93. The van der Waals surface area contributed by atoms with Gasteiger partial charge in [0.05, 0.1) is 32.9 Å². The van der Waals surface area contributed by atoms with Gasteiger partial charge < -0.3 is 24.7 Å². The van der Waals surface area contributed by atoms with Crippen LogP contribution in [0.1, 0.15) is 132 Å². The fraction of sp³-hybridized carbons (Fsp3) is 0.560. The van der Waals surface area contributed by atoms with Crippen molar-refractivity contribution < 1.29 is 29.4 Å². The number of fused-ring (bicyclic) bond motifs is 6. The monoisotopic (exact) mass is 889 g/mol. The Morgan fingerprint density at radius 2 is 1.20 bits per heavy atom. The molecule has 0 spiro atoms. The van der Waals surface area contributed by atoms with Crippen molar-refractivity contribution in [1.29, 1.82) is 0 Å². The third-order valence-corrected chi connectivity index (χ3v) is 17.6. The first-order chi connectivity index (χ1) is 30.6. The van der Waals surface area contributed by atoms with E-state index in [9.17, 15) is 29.4 Å². The zero-order valence-electron chi connectivity index (χ0n) is 37.4. The van der Waals surface area contributed by atoms with Crippen LogP contribution >= 0.6 is 11.6 Å². The number of ketones is 1. The van der Waals surface area contributed by atoms with Crippen LogP contribution in [0.4, 0.5) is 5.69 Å². The smallest absolute Gasteiger partial charge is 0.309 e.